The van der Waals surface area contributed by atoms with E-state index in [4.69, 9.17) is 5.73 Å². The highest BCUT2D eigenvalue weighted by molar-refractivity contribution is 9.10. The molecular weight excluding hydrogens is 346 g/mol. The van der Waals surface area contributed by atoms with Gasteiger partial charge in [0.1, 0.15) is 0 Å². The Labute approximate surface area is 139 Å². The molecule has 0 aliphatic heterocycles. The standard InChI is InChI=1S/C16H22BrN3O2/c1-11-9-12(17)5-6-13(11)19-14(21)10-20(2)15(22)16(18)7-3-4-8-16/h5-6,9H,3-4,7-8,10,18H2,1-2H3,(H,19,21). The van der Waals surface area contributed by atoms with Crippen LogP contribution in [0.5, 0.6) is 0 Å². The molecule has 0 atom stereocenters. The number of rotatable bonds is 4. The van der Waals surface area contributed by atoms with E-state index in [2.05, 4.69) is 21.2 Å². The summed E-state index contributed by atoms with van der Waals surface area (Å²) in [5, 5.41) is 2.83. The van der Waals surface area contributed by atoms with Crippen molar-refractivity contribution in [2.24, 2.45) is 5.73 Å². The van der Waals surface area contributed by atoms with Crippen LogP contribution >= 0.6 is 15.9 Å². The number of hydrogen-bond donors (Lipinski definition) is 2. The van der Waals surface area contributed by atoms with E-state index >= 15 is 0 Å². The van der Waals surface area contributed by atoms with Gasteiger partial charge in [-0.3, -0.25) is 9.59 Å². The number of likely N-dealkylation sites (N-methyl/N-ethyl adjacent to an activating group) is 1. The number of aryl methyl sites for hydroxylation is 1. The van der Waals surface area contributed by atoms with Crippen molar-refractivity contribution in [1.82, 2.24) is 4.90 Å². The summed E-state index contributed by atoms with van der Waals surface area (Å²) >= 11 is 3.39. The molecule has 3 N–H and O–H groups in total. The number of nitrogens with zero attached hydrogens (tertiary/aromatic N) is 1. The lowest BCUT2D eigenvalue weighted by Crippen LogP contribution is -2.53. The van der Waals surface area contributed by atoms with Crippen LogP contribution in [-0.4, -0.2) is 35.8 Å². The van der Waals surface area contributed by atoms with E-state index in [1.165, 1.54) is 4.90 Å². The second-order valence-electron chi connectivity index (χ2n) is 6.03. The molecular formula is C16H22BrN3O2. The van der Waals surface area contributed by atoms with Gasteiger partial charge in [0.05, 0.1) is 12.1 Å². The van der Waals surface area contributed by atoms with E-state index in [1.54, 1.807) is 7.05 Å². The predicted octanol–water partition coefficient (Wildman–Crippen LogP) is 2.43. The summed E-state index contributed by atoms with van der Waals surface area (Å²) in [7, 11) is 1.63. The molecule has 0 heterocycles. The number of carbonyl (C=O) groups is 2. The van der Waals surface area contributed by atoms with E-state index in [-0.39, 0.29) is 18.4 Å². The van der Waals surface area contributed by atoms with E-state index in [0.29, 0.717) is 12.8 Å². The van der Waals surface area contributed by atoms with Crippen molar-refractivity contribution in [3.8, 4) is 0 Å². The maximum absolute atomic E-state index is 12.4. The third-order valence-corrected chi connectivity index (χ3v) is 4.60. The highest BCUT2D eigenvalue weighted by atomic mass is 79.9. The van der Waals surface area contributed by atoms with Gasteiger partial charge < -0.3 is 16.0 Å². The highest BCUT2D eigenvalue weighted by Gasteiger charge is 2.39. The second kappa shape index (κ2) is 6.79. The molecule has 1 aliphatic carbocycles. The zero-order valence-corrected chi connectivity index (χ0v) is 14.6. The number of amides is 2. The first-order valence-corrected chi connectivity index (χ1v) is 8.21. The quantitative estimate of drug-likeness (QED) is 0.857. The summed E-state index contributed by atoms with van der Waals surface area (Å²) in [6, 6.07) is 5.63. The Morgan fingerprint density at radius 1 is 1.36 bits per heavy atom. The third-order valence-electron chi connectivity index (χ3n) is 4.11. The fraction of sp³-hybridized carbons (Fsp3) is 0.500. The van der Waals surface area contributed by atoms with Crippen LogP contribution in [-0.2, 0) is 9.59 Å². The van der Waals surface area contributed by atoms with Crippen molar-refractivity contribution in [2.75, 3.05) is 18.9 Å². The van der Waals surface area contributed by atoms with Crippen LogP contribution in [0.15, 0.2) is 22.7 Å². The summed E-state index contributed by atoms with van der Waals surface area (Å²) in [5.74, 6) is -0.365. The number of nitrogens with two attached hydrogens (primary N) is 1. The minimum atomic E-state index is -0.789. The summed E-state index contributed by atoms with van der Waals surface area (Å²) in [5.41, 5.74) is 7.06. The van der Waals surface area contributed by atoms with Gasteiger partial charge in [-0.2, -0.15) is 0 Å². The molecule has 0 spiro atoms. The van der Waals surface area contributed by atoms with Crippen molar-refractivity contribution < 1.29 is 9.59 Å². The lowest BCUT2D eigenvalue weighted by Gasteiger charge is -2.28. The predicted molar refractivity (Wildman–Crippen MR) is 90.5 cm³/mol. The van der Waals surface area contributed by atoms with E-state index in [9.17, 15) is 9.59 Å². The van der Waals surface area contributed by atoms with Gasteiger partial charge in [-0.05, 0) is 43.5 Å². The lowest BCUT2D eigenvalue weighted by molar-refractivity contribution is -0.138. The van der Waals surface area contributed by atoms with Gasteiger partial charge in [0.15, 0.2) is 0 Å². The molecule has 6 heteroatoms. The molecule has 0 saturated heterocycles. The van der Waals surface area contributed by atoms with Crippen LogP contribution in [0.3, 0.4) is 0 Å². The first kappa shape index (κ1) is 17.0. The molecule has 2 amide bonds. The minimum Gasteiger partial charge on any atom is -0.335 e. The monoisotopic (exact) mass is 367 g/mol. The number of anilines is 1. The molecule has 120 valence electrons. The molecule has 1 saturated carbocycles. The van der Waals surface area contributed by atoms with Crippen molar-refractivity contribution in [3.63, 3.8) is 0 Å². The third kappa shape index (κ3) is 3.87. The number of hydrogen-bond acceptors (Lipinski definition) is 3. The maximum atomic E-state index is 12.4. The summed E-state index contributed by atoms with van der Waals surface area (Å²) in [6.45, 7) is 1.93. The van der Waals surface area contributed by atoms with Crippen LogP contribution < -0.4 is 11.1 Å². The summed E-state index contributed by atoms with van der Waals surface area (Å²) in [4.78, 5) is 25.9. The molecule has 0 bridgehead atoms. The molecule has 0 radical (unpaired) electrons. The van der Waals surface area contributed by atoms with Gasteiger partial charge in [0.2, 0.25) is 11.8 Å². The lowest BCUT2D eigenvalue weighted by atomic mass is 9.97. The van der Waals surface area contributed by atoms with Crippen molar-refractivity contribution >= 4 is 33.4 Å². The van der Waals surface area contributed by atoms with Gasteiger partial charge in [0, 0.05) is 17.2 Å². The zero-order chi connectivity index (χ0) is 16.3. The highest BCUT2D eigenvalue weighted by Crippen LogP contribution is 2.28. The summed E-state index contributed by atoms with van der Waals surface area (Å²) in [6.07, 6.45) is 3.34. The Kier molecular flexibility index (Phi) is 5.24. The minimum absolute atomic E-state index is 0.00723. The van der Waals surface area contributed by atoms with Gasteiger partial charge in [-0.25, -0.2) is 0 Å². The molecule has 1 aromatic carbocycles. The van der Waals surface area contributed by atoms with Gasteiger partial charge >= 0.3 is 0 Å². The average Bonchev–Trinajstić information content (AvgIpc) is 2.89. The van der Waals surface area contributed by atoms with Crippen molar-refractivity contribution in [1.29, 1.82) is 0 Å². The molecule has 1 aliphatic rings. The maximum Gasteiger partial charge on any atom is 0.243 e. The number of carbonyl (C=O) groups excluding carboxylic acids is 2. The Balaban J connectivity index is 1.95. The van der Waals surface area contributed by atoms with E-state index in [0.717, 1.165) is 28.6 Å². The van der Waals surface area contributed by atoms with Crippen LogP contribution in [0.1, 0.15) is 31.2 Å². The van der Waals surface area contributed by atoms with Crippen LogP contribution in [0.4, 0.5) is 5.69 Å². The van der Waals surface area contributed by atoms with Gasteiger partial charge in [-0.1, -0.05) is 28.8 Å². The molecule has 22 heavy (non-hydrogen) atoms. The Morgan fingerprint density at radius 3 is 2.59 bits per heavy atom. The fourth-order valence-electron chi connectivity index (χ4n) is 2.84. The second-order valence-corrected chi connectivity index (χ2v) is 6.95. The molecule has 1 fully saturated rings. The van der Waals surface area contributed by atoms with E-state index < -0.39 is 5.54 Å². The number of benzene rings is 1. The first-order valence-electron chi connectivity index (χ1n) is 7.42. The average molecular weight is 368 g/mol. The largest absolute Gasteiger partial charge is 0.335 e. The molecule has 5 nitrogen and oxygen atoms in total. The van der Waals surface area contributed by atoms with Crippen LogP contribution in [0.25, 0.3) is 0 Å². The fourth-order valence-corrected chi connectivity index (χ4v) is 3.32. The summed E-state index contributed by atoms with van der Waals surface area (Å²) < 4.78 is 0.960. The van der Waals surface area contributed by atoms with Crippen LogP contribution in [0.2, 0.25) is 0 Å². The zero-order valence-electron chi connectivity index (χ0n) is 13.0. The van der Waals surface area contributed by atoms with Gasteiger partial charge in [-0.15, -0.1) is 0 Å². The van der Waals surface area contributed by atoms with Gasteiger partial charge in [0.25, 0.3) is 0 Å². The molecule has 0 unspecified atom stereocenters. The Morgan fingerprint density at radius 2 is 2.00 bits per heavy atom. The number of halogens is 1. The molecule has 1 aromatic rings. The number of nitrogens with one attached hydrogen (secondary N) is 1. The van der Waals surface area contributed by atoms with Crippen molar-refractivity contribution in [3.05, 3.63) is 28.2 Å². The van der Waals surface area contributed by atoms with Crippen LogP contribution in [0, 0.1) is 6.92 Å². The first-order chi connectivity index (χ1) is 10.3. The Hall–Kier alpha value is -1.40. The van der Waals surface area contributed by atoms with Crippen molar-refractivity contribution in [2.45, 2.75) is 38.1 Å². The Bertz CT molecular complexity index is 583. The van der Waals surface area contributed by atoms with E-state index in [1.807, 2.05) is 25.1 Å². The SMILES string of the molecule is Cc1cc(Br)ccc1NC(=O)CN(C)C(=O)C1(N)CCCC1. The molecule has 2 rings (SSSR count). The topological polar surface area (TPSA) is 75.4 Å². The normalized spacial score (nSPS) is 16.4. The smallest absolute Gasteiger partial charge is 0.243 e. The molecule has 0 aromatic heterocycles.